The predicted molar refractivity (Wildman–Crippen MR) is 368 cm³/mol. The van der Waals surface area contributed by atoms with E-state index in [4.69, 9.17) is 23.7 Å². The van der Waals surface area contributed by atoms with Gasteiger partial charge in [0.1, 0.15) is 40.9 Å². The van der Waals surface area contributed by atoms with E-state index in [1.807, 2.05) is 39.0 Å². The maximum atomic E-state index is 13.6. The van der Waals surface area contributed by atoms with Gasteiger partial charge in [0.25, 0.3) is 51.9 Å². The number of carbonyl (C=O) groups is 2. The number of ether oxygens (including phenoxy) is 5. The number of anilines is 2. The monoisotopic (exact) mass is 1430 g/mol. The molecule has 29 heteroatoms. The summed E-state index contributed by atoms with van der Waals surface area (Å²) in [5, 5.41) is 5.67. The van der Waals surface area contributed by atoms with Gasteiger partial charge in [0.2, 0.25) is 11.6 Å². The van der Waals surface area contributed by atoms with Gasteiger partial charge in [0.05, 0.1) is 60.5 Å². The number of hydrogen-bond donors (Lipinski definition) is 6. The molecule has 0 fully saturated rings. The van der Waals surface area contributed by atoms with Crippen LogP contribution in [0, 0.1) is 0 Å². The molecular formula is C69H80N5O20S4+. The second kappa shape index (κ2) is 31.7. The summed E-state index contributed by atoms with van der Waals surface area (Å²) in [4.78, 5) is 40.9. The molecule has 2 atom stereocenters. The number of rotatable bonds is 34. The van der Waals surface area contributed by atoms with Gasteiger partial charge in [-0.25, -0.2) is 0 Å². The Morgan fingerprint density at radius 3 is 2.03 bits per heavy atom. The molecule has 25 nitrogen and oxygen atoms in total. The Balaban J connectivity index is 0.698. The number of benzene rings is 5. The highest BCUT2D eigenvalue weighted by Gasteiger charge is 2.48. The van der Waals surface area contributed by atoms with Crippen LogP contribution in [-0.2, 0) is 72.0 Å². The second-order valence-electron chi connectivity index (χ2n) is 24.4. The quantitative estimate of drug-likeness (QED) is 0.00947. The molecule has 0 saturated carbocycles. The minimum Gasteiger partial charge on any atom is -0.496 e. The van der Waals surface area contributed by atoms with E-state index in [2.05, 4.69) is 10.6 Å². The molecule has 0 radical (unpaired) electrons. The van der Waals surface area contributed by atoms with Crippen LogP contribution in [0.3, 0.4) is 0 Å². The number of aromatic nitrogens is 1. The third kappa shape index (κ3) is 18.7. The predicted octanol–water partition coefficient (Wildman–Crippen LogP) is 9.43. The van der Waals surface area contributed by atoms with E-state index in [1.54, 1.807) is 112 Å². The lowest BCUT2D eigenvalue weighted by atomic mass is 9.75. The van der Waals surface area contributed by atoms with Crippen LogP contribution in [0.2, 0.25) is 0 Å². The molecule has 2 aliphatic heterocycles. The number of nitrogens with one attached hydrogen (secondary N) is 2. The number of allylic oxidation sites excluding steroid dienone is 6. The third-order valence-corrected chi connectivity index (χ3v) is 20.6. The Morgan fingerprint density at radius 1 is 0.694 bits per heavy atom. The highest BCUT2D eigenvalue weighted by atomic mass is 32.2. The standard InChI is InChI=1S/C69H79N5O20S4/c1-68(2)57-46-52(97(84,85)86)28-31-60(57)72(37-13-44-95(78,79)80)63(68)17-7-5-8-18-64-69(3,58-47-53(98(87,88)89)29-32-61(58)73(64)38-45-96(81,82)83)34-10-6-9-19-65(75)70-35-39-91-40-41-92-42-43-93-49-24-26-51(27-25-49)94-50-22-20-48(21-23-50)71-66(76)56-15-12-36-74(67(56)77)59-33-30-55-54(59)14-11-16-62(55)90-4/h5,7-8,11-12,14-18,20-29,31-32,36,46-47,59H,6,9-10,13,19,30,33-35,37-45H2,1-4H3,(H5-,70,71,75,76,78,79,80,81,82,83,84,85,86,87,88,89)/p+1. The topological polar surface area (TPSA) is 350 Å². The summed E-state index contributed by atoms with van der Waals surface area (Å²) in [5.74, 6) is 0.537. The Kier molecular flexibility index (Phi) is 23.9. The number of nitrogens with zero attached hydrogens (tertiary/aromatic N) is 3. The summed E-state index contributed by atoms with van der Waals surface area (Å²) in [7, 11) is -16.4. The number of carbonyl (C=O) groups excluding carboxylic acids is 2. The van der Waals surface area contributed by atoms with Crippen molar-refractivity contribution in [1.82, 2.24) is 9.88 Å². The van der Waals surface area contributed by atoms with Crippen molar-refractivity contribution in [3.63, 3.8) is 0 Å². The minimum absolute atomic E-state index is 0.0118. The maximum absolute atomic E-state index is 13.6. The summed E-state index contributed by atoms with van der Waals surface area (Å²) in [6.07, 6.45) is 13.8. The van der Waals surface area contributed by atoms with E-state index in [-0.39, 0.29) is 85.2 Å². The van der Waals surface area contributed by atoms with Gasteiger partial charge in [-0.2, -0.15) is 38.2 Å². The fraction of sp³-hybridized carbons (Fsp3) is 0.362. The van der Waals surface area contributed by atoms with Crippen molar-refractivity contribution >= 4 is 75.1 Å². The van der Waals surface area contributed by atoms with Crippen LogP contribution in [0.5, 0.6) is 23.0 Å². The minimum atomic E-state index is -4.69. The third-order valence-electron chi connectivity index (χ3n) is 17.4. The molecule has 3 aliphatic rings. The number of amides is 2. The second-order valence-corrected chi connectivity index (χ2v) is 30.4. The van der Waals surface area contributed by atoms with E-state index in [0.717, 1.165) is 29.7 Å². The highest BCUT2D eigenvalue weighted by molar-refractivity contribution is 7.86. The summed E-state index contributed by atoms with van der Waals surface area (Å²) in [5.41, 5.74) is 3.49. The molecule has 3 heterocycles. The number of fused-ring (bicyclic) bond motifs is 3. The van der Waals surface area contributed by atoms with Gasteiger partial charge in [-0.1, -0.05) is 57.0 Å². The molecule has 0 spiro atoms. The van der Waals surface area contributed by atoms with E-state index in [9.17, 15) is 66.3 Å². The zero-order chi connectivity index (χ0) is 70.6. The first kappa shape index (κ1) is 73.9. The van der Waals surface area contributed by atoms with E-state index in [0.29, 0.717) is 95.7 Å². The first-order valence-corrected chi connectivity index (χ1v) is 37.8. The number of hydrogen-bond acceptors (Lipinski definition) is 17. The lowest BCUT2D eigenvalue weighted by molar-refractivity contribution is -0.432. The van der Waals surface area contributed by atoms with Crippen LogP contribution in [0.25, 0.3) is 0 Å². The summed E-state index contributed by atoms with van der Waals surface area (Å²) < 4.78 is 168. The molecule has 2 unspecified atom stereocenters. The molecule has 1 aromatic heterocycles. The molecular weight excluding hydrogens is 1350 g/mol. The molecule has 5 aromatic carbocycles. The van der Waals surface area contributed by atoms with Crippen molar-refractivity contribution < 1.29 is 89.7 Å². The molecule has 98 heavy (non-hydrogen) atoms. The fourth-order valence-corrected chi connectivity index (χ4v) is 14.5. The summed E-state index contributed by atoms with van der Waals surface area (Å²) in [6.45, 7) is 7.01. The van der Waals surface area contributed by atoms with Crippen molar-refractivity contribution in [1.29, 1.82) is 0 Å². The molecule has 0 saturated heterocycles. The zero-order valence-electron chi connectivity index (χ0n) is 54.5. The zero-order valence-corrected chi connectivity index (χ0v) is 57.8. The van der Waals surface area contributed by atoms with Crippen molar-refractivity contribution in [3.05, 3.63) is 196 Å². The number of pyridine rings is 1. The number of unbranched alkanes of at least 4 members (excludes halogenated alkanes) is 2. The summed E-state index contributed by atoms with van der Waals surface area (Å²) in [6, 6.07) is 30.7. The molecule has 9 rings (SSSR count). The van der Waals surface area contributed by atoms with Crippen LogP contribution in [0.4, 0.5) is 17.1 Å². The number of methoxy groups -OCH3 is 1. The van der Waals surface area contributed by atoms with Crippen molar-refractivity contribution in [2.45, 2.75) is 98.8 Å². The van der Waals surface area contributed by atoms with Gasteiger partial charge in [-0.05, 0) is 159 Å². The van der Waals surface area contributed by atoms with Crippen molar-refractivity contribution in [2.24, 2.45) is 0 Å². The van der Waals surface area contributed by atoms with Crippen molar-refractivity contribution in [2.75, 3.05) is 81.5 Å². The average molecular weight is 1430 g/mol. The van der Waals surface area contributed by atoms with Crippen LogP contribution < -0.4 is 35.3 Å². The largest absolute Gasteiger partial charge is 0.496 e. The van der Waals surface area contributed by atoms with E-state index in [1.165, 1.54) is 42.5 Å². The fourth-order valence-electron chi connectivity index (χ4n) is 12.6. The molecule has 6 aromatic rings. The Bertz CT molecular complexity index is 4590. The Labute approximate surface area is 570 Å². The van der Waals surface area contributed by atoms with E-state index >= 15 is 0 Å². The van der Waals surface area contributed by atoms with Crippen LogP contribution in [0.1, 0.15) is 104 Å². The normalized spacial score (nSPS) is 17.2. The lowest BCUT2D eigenvalue weighted by Gasteiger charge is -2.27. The Morgan fingerprint density at radius 2 is 1.35 bits per heavy atom. The van der Waals surface area contributed by atoms with Crippen LogP contribution >= 0.6 is 0 Å². The van der Waals surface area contributed by atoms with E-state index < -0.39 is 68.7 Å². The molecule has 6 N–H and O–H groups in total. The van der Waals surface area contributed by atoms with Gasteiger partial charge in [-0.3, -0.25) is 32.6 Å². The maximum Gasteiger partial charge on any atom is 0.294 e. The van der Waals surface area contributed by atoms with Crippen LogP contribution in [-0.4, -0.2) is 150 Å². The molecule has 1 aliphatic carbocycles. The molecule has 2 amide bonds. The highest BCUT2D eigenvalue weighted by Crippen LogP contribution is 2.49. The van der Waals surface area contributed by atoms with Crippen molar-refractivity contribution in [3.8, 4) is 23.0 Å². The van der Waals surface area contributed by atoms with Crippen LogP contribution in [0.15, 0.2) is 172 Å². The summed E-state index contributed by atoms with van der Waals surface area (Å²) >= 11 is 0. The SMILES string of the molecule is COc1cccc2c1CCC2n1cccc(C(=O)Nc2ccc(Oc3ccc(OCCOCCOCCNC(=O)CCCCCC4(C)C(/C=C/C=C/C=C5/N(CCCS(=O)(=O)O)c6ccc(S(=O)(=O)O)cc6C5(C)C)=[N+](CCS(=O)(=O)O)c5ccc(S(=O)(=O)O)cc54)cc3)cc2)c1=O. The van der Waals surface area contributed by atoms with Gasteiger partial charge in [0.15, 0.2) is 12.3 Å². The average Bonchev–Trinajstić information content (AvgIpc) is 1.58. The van der Waals surface area contributed by atoms with Gasteiger partial charge >= 0.3 is 0 Å². The first-order valence-electron chi connectivity index (χ1n) is 31.7. The first-order chi connectivity index (χ1) is 46.4. The van der Waals surface area contributed by atoms with Gasteiger partial charge in [-0.15, -0.1) is 0 Å². The lowest BCUT2D eigenvalue weighted by Crippen LogP contribution is -2.32. The van der Waals surface area contributed by atoms with Gasteiger partial charge < -0.3 is 43.8 Å². The molecule has 524 valence electrons. The Hall–Kier alpha value is -8.36. The molecule has 0 bridgehead atoms. The smallest absolute Gasteiger partial charge is 0.294 e. The van der Waals surface area contributed by atoms with Gasteiger partial charge in [0, 0.05) is 65.9 Å².